The van der Waals surface area contributed by atoms with E-state index in [0.29, 0.717) is 29.5 Å². The number of piperidine rings is 1. The fourth-order valence-corrected chi connectivity index (χ4v) is 4.08. The highest BCUT2D eigenvalue weighted by Crippen LogP contribution is 2.37. The quantitative estimate of drug-likeness (QED) is 0.686. The molecule has 3 aliphatic rings. The van der Waals surface area contributed by atoms with Gasteiger partial charge in [0.1, 0.15) is 0 Å². The minimum atomic E-state index is -0.0362. The Morgan fingerprint density at radius 1 is 1.18 bits per heavy atom. The van der Waals surface area contributed by atoms with Gasteiger partial charge in [0.15, 0.2) is 5.82 Å². The van der Waals surface area contributed by atoms with Gasteiger partial charge < -0.3 is 14.7 Å². The van der Waals surface area contributed by atoms with Crippen molar-refractivity contribution in [3.63, 3.8) is 0 Å². The third-order valence-corrected chi connectivity index (χ3v) is 5.55. The van der Waals surface area contributed by atoms with Gasteiger partial charge in [-0.25, -0.2) is 15.0 Å². The molecule has 6 heterocycles. The summed E-state index contributed by atoms with van der Waals surface area (Å²) in [6.45, 7) is 2.53. The highest BCUT2D eigenvalue weighted by molar-refractivity contribution is 5.60. The third kappa shape index (κ3) is 2.93. The van der Waals surface area contributed by atoms with Crippen molar-refractivity contribution >= 4 is 5.82 Å². The van der Waals surface area contributed by atoms with E-state index in [1.165, 1.54) is 12.0 Å². The number of hydrogen-bond donors (Lipinski definition) is 2. The standard InChI is InChI=1S/C19H21N7O2/c1-28-17-3-2-12(5-20-17)9-26-14-4-15(26)11-25(10-14)18-19(27)24-16(8-21-18)13-6-22-23-7-13/h2-3,5-8,14-15H,4,9-11H2,1H3,(H,22,23)(H,24,27). The summed E-state index contributed by atoms with van der Waals surface area (Å²) in [7, 11) is 1.62. The van der Waals surface area contributed by atoms with Gasteiger partial charge in [0.05, 0.1) is 25.2 Å². The van der Waals surface area contributed by atoms with Crippen LogP contribution in [-0.4, -0.2) is 67.4 Å². The van der Waals surface area contributed by atoms with Crippen molar-refractivity contribution in [2.45, 2.75) is 25.0 Å². The number of anilines is 1. The largest absolute Gasteiger partial charge is 0.491 e. The summed E-state index contributed by atoms with van der Waals surface area (Å²) in [4.78, 5) is 17.7. The van der Waals surface area contributed by atoms with Crippen molar-refractivity contribution in [1.29, 1.82) is 0 Å². The minimum Gasteiger partial charge on any atom is -0.491 e. The molecule has 9 heteroatoms. The lowest BCUT2D eigenvalue weighted by Crippen LogP contribution is -2.68. The lowest BCUT2D eigenvalue weighted by Gasteiger charge is -2.56. The topological polar surface area (TPSA) is 103 Å². The molecule has 9 nitrogen and oxygen atoms in total. The Bertz CT molecular complexity index is 949. The molecule has 28 heavy (non-hydrogen) atoms. The molecule has 6 rings (SSSR count). The monoisotopic (exact) mass is 379 g/mol. The summed E-state index contributed by atoms with van der Waals surface area (Å²) in [6, 6.07) is 4.84. The Morgan fingerprint density at radius 2 is 2.04 bits per heavy atom. The highest BCUT2D eigenvalue weighted by atomic mass is 16.5. The first kappa shape index (κ1) is 16.9. The van der Waals surface area contributed by atoms with E-state index in [1.807, 2.05) is 12.3 Å². The predicted octanol–water partition coefficient (Wildman–Crippen LogP) is 1.44. The Balaban J connectivity index is 1.27. The van der Waals surface area contributed by atoms with Crippen LogP contribution in [0.5, 0.6) is 11.8 Å². The van der Waals surface area contributed by atoms with Gasteiger partial charge in [-0.15, -0.1) is 0 Å². The van der Waals surface area contributed by atoms with Crippen LogP contribution in [0.4, 0.5) is 5.82 Å². The van der Waals surface area contributed by atoms with E-state index in [0.717, 1.165) is 25.2 Å². The second kappa shape index (κ2) is 6.75. The molecule has 144 valence electrons. The maximum atomic E-state index is 10.4. The molecule has 0 spiro atoms. The van der Waals surface area contributed by atoms with Crippen molar-refractivity contribution in [2.24, 2.45) is 0 Å². The number of rotatable bonds is 5. The van der Waals surface area contributed by atoms with Crippen molar-refractivity contribution in [1.82, 2.24) is 30.0 Å². The van der Waals surface area contributed by atoms with Crippen LogP contribution < -0.4 is 9.64 Å². The summed E-state index contributed by atoms with van der Waals surface area (Å²) in [5, 5.41) is 17.1. The van der Waals surface area contributed by atoms with Crippen LogP contribution in [0, 0.1) is 0 Å². The Morgan fingerprint density at radius 3 is 2.68 bits per heavy atom. The Labute approximate surface area is 162 Å². The number of fused-ring (bicyclic) bond motifs is 2. The van der Waals surface area contributed by atoms with Crippen LogP contribution in [0.3, 0.4) is 0 Å². The van der Waals surface area contributed by atoms with Crippen molar-refractivity contribution in [3.8, 4) is 23.0 Å². The van der Waals surface area contributed by atoms with Crippen molar-refractivity contribution < 1.29 is 9.84 Å². The maximum absolute atomic E-state index is 10.4. The molecule has 0 saturated carbocycles. The lowest BCUT2D eigenvalue weighted by atomic mass is 9.87. The average molecular weight is 379 g/mol. The number of methoxy groups -OCH3 is 1. The predicted molar refractivity (Wildman–Crippen MR) is 102 cm³/mol. The zero-order chi connectivity index (χ0) is 19.1. The number of H-pyrrole nitrogens is 1. The summed E-state index contributed by atoms with van der Waals surface area (Å²) in [5.41, 5.74) is 2.58. The third-order valence-electron chi connectivity index (χ3n) is 5.55. The van der Waals surface area contributed by atoms with Gasteiger partial charge in [-0.2, -0.15) is 5.10 Å². The van der Waals surface area contributed by atoms with Crippen LogP contribution in [0.25, 0.3) is 11.3 Å². The normalized spacial score (nSPS) is 21.4. The summed E-state index contributed by atoms with van der Waals surface area (Å²) in [5.74, 6) is 1.14. The van der Waals surface area contributed by atoms with Crippen molar-refractivity contribution in [2.75, 3.05) is 25.1 Å². The van der Waals surface area contributed by atoms with Crippen LogP contribution in [0.15, 0.2) is 36.9 Å². The van der Waals surface area contributed by atoms with E-state index in [2.05, 4.69) is 41.0 Å². The molecular formula is C19H21N7O2. The van der Waals surface area contributed by atoms with Crippen LogP contribution in [0.1, 0.15) is 12.0 Å². The number of pyridine rings is 1. The molecule has 3 saturated heterocycles. The zero-order valence-electron chi connectivity index (χ0n) is 15.5. The first-order chi connectivity index (χ1) is 13.7. The molecule has 3 aromatic rings. The van der Waals surface area contributed by atoms with Gasteiger partial charge in [-0.05, 0) is 12.0 Å². The number of ether oxygens (including phenoxy) is 1. The molecule has 3 fully saturated rings. The summed E-state index contributed by atoms with van der Waals surface area (Å²) < 4.78 is 5.12. The van der Waals surface area contributed by atoms with Gasteiger partial charge in [0.2, 0.25) is 5.88 Å². The SMILES string of the molecule is COc1ccc(CN2C3CC2CN(c2ncc(-c4cn[nH]c4)nc2O)C3)cn1. The smallest absolute Gasteiger partial charge is 0.255 e. The maximum Gasteiger partial charge on any atom is 0.255 e. The number of aromatic nitrogens is 5. The number of hydrogen-bond acceptors (Lipinski definition) is 8. The number of piperazine rings is 1. The van der Waals surface area contributed by atoms with Gasteiger partial charge in [0, 0.05) is 55.7 Å². The van der Waals surface area contributed by atoms with Crippen LogP contribution in [0.2, 0.25) is 0 Å². The Hall–Kier alpha value is -3.20. The highest BCUT2D eigenvalue weighted by Gasteiger charge is 2.45. The fourth-order valence-electron chi connectivity index (χ4n) is 4.08. The first-order valence-electron chi connectivity index (χ1n) is 9.26. The van der Waals surface area contributed by atoms with Gasteiger partial charge in [0.25, 0.3) is 5.88 Å². The second-order valence-electron chi connectivity index (χ2n) is 7.22. The molecule has 0 radical (unpaired) electrons. The zero-order valence-corrected chi connectivity index (χ0v) is 15.5. The molecular weight excluding hydrogens is 358 g/mol. The van der Waals surface area contributed by atoms with E-state index < -0.39 is 0 Å². The van der Waals surface area contributed by atoms with E-state index >= 15 is 0 Å². The van der Waals surface area contributed by atoms with E-state index in [1.54, 1.807) is 25.7 Å². The number of nitrogens with one attached hydrogen (secondary N) is 1. The van der Waals surface area contributed by atoms with Crippen molar-refractivity contribution in [3.05, 3.63) is 42.5 Å². The molecule has 2 N–H and O–H groups in total. The molecule has 2 unspecified atom stereocenters. The molecule has 3 aromatic heterocycles. The van der Waals surface area contributed by atoms with Crippen LogP contribution >= 0.6 is 0 Å². The number of nitrogens with zero attached hydrogens (tertiary/aromatic N) is 6. The van der Waals surface area contributed by atoms with Gasteiger partial charge in [-0.3, -0.25) is 10.00 Å². The Kier molecular flexibility index (Phi) is 4.09. The molecule has 0 aliphatic carbocycles. The summed E-state index contributed by atoms with van der Waals surface area (Å²) >= 11 is 0. The first-order valence-corrected chi connectivity index (χ1v) is 9.26. The molecule has 2 bridgehead atoms. The van der Waals surface area contributed by atoms with E-state index in [-0.39, 0.29) is 5.88 Å². The van der Waals surface area contributed by atoms with E-state index in [4.69, 9.17) is 4.74 Å². The van der Waals surface area contributed by atoms with Gasteiger partial charge in [-0.1, -0.05) is 6.07 Å². The molecule has 0 aromatic carbocycles. The molecule has 2 atom stereocenters. The van der Waals surface area contributed by atoms with Crippen LogP contribution in [-0.2, 0) is 6.54 Å². The molecule has 3 aliphatic heterocycles. The summed E-state index contributed by atoms with van der Waals surface area (Å²) in [6.07, 6.45) is 8.11. The molecule has 0 amide bonds. The minimum absolute atomic E-state index is 0.0362. The average Bonchev–Trinajstić information content (AvgIpc) is 3.27. The van der Waals surface area contributed by atoms with E-state index in [9.17, 15) is 5.11 Å². The lowest BCUT2D eigenvalue weighted by molar-refractivity contribution is -0.00893. The fraction of sp³-hybridized carbons (Fsp3) is 0.368. The number of aromatic amines is 1. The van der Waals surface area contributed by atoms with Gasteiger partial charge >= 0.3 is 0 Å². The number of aromatic hydroxyl groups is 1. The second-order valence-corrected chi connectivity index (χ2v) is 7.22.